The molecule has 1 saturated heterocycles. The number of aromatic nitrogens is 1. The fourth-order valence-corrected chi connectivity index (χ4v) is 5.96. The van der Waals surface area contributed by atoms with Crippen molar-refractivity contribution >= 4 is 38.4 Å². The van der Waals surface area contributed by atoms with Crippen LogP contribution in [0.15, 0.2) is 64.9 Å². The zero-order valence-corrected chi connectivity index (χ0v) is 20.1. The van der Waals surface area contributed by atoms with Crippen molar-refractivity contribution in [3.8, 4) is 11.3 Å². The minimum atomic E-state index is -3.69. The van der Waals surface area contributed by atoms with E-state index in [2.05, 4.69) is 10.3 Å². The number of esters is 1. The number of carbonyl (C=O) groups is 2. The van der Waals surface area contributed by atoms with Gasteiger partial charge >= 0.3 is 5.97 Å². The van der Waals surface area contributed by atoms with Gasteiger partial charge in [0.25, 0.3) is 5.91 Å². The van der Waals surface area contributed by atoms with E-state index >= 15 is 0 Å². The third-order valence-electron chi connectivity index (χ3n) is 5.43. The Morgan fingerprint density at radius 2 is 1.74 bits per heavy atom. The molecule has 3 aromatic rings. The molecule has 2 heterocycles. The van der Waals surface area contributed by atoms with Gasteiger partial charge in [-0.1, -0.05) is 49.2 Å². The van der Waals surface area contributed by atoms with Gasteiger partial charge in [0.05, 0.1) is 16.2 Å². The molecule has 1 aromatic heterocycles. The van der Waals surface area contributed by atoms with E-state index < -0.39 is 28.5 Å². The molecule has 8 nitrogen and oxygen atoms in total. The van der Waals surface area contributed by atoms with Crippen LogP contribution >= 0.6 is 11.3 Å². The topological polar surface area (TPSA) is 106 Å². The summed E-state index contributed by atoms with van der Waals surface area (Å²) in [6.45, 7) is 0.433. The number of rotatable bonds is 7. The van der Waals surface area contributed by atoms with Crippen LogP contribution in [0.4, 0.5) is 5.13 Å². The number of nitrogens with one attached hydrogen (secondary N) is 1. The average Bonchev–Trinajstić information content (AvgIpc) is 3.13. The standard InChI is InChI=1S/C24H25N3O5S2/c28-22(26-24-25-21(17-33-24)18-9-4-3-5-10-18)16-32-23(29)19-11-8-12-20(15-19)34(30,31)27-13-6-1-2-7-14-27/h3-5,8-12,15,17H,1-2,6-7,13-14,16H2,(H,25,26,28). The zero-order valence-electron chi connectivity index (χ0n) is 18.5. The fraction of sp³-hybridized carbons (Fsp3) is 0.292. The van der Waals surface area contributed by atoms with E-state index in [4.69, 9.17) is 4.74 Å². The molecule has 1 amide bonds. The number of anilines is 1. The van der Waals surface area contributed by atoms with Crippen LogP contribution in [0.2, 0.25) is 0 Å². The van der Waals surface area contributed by atoms with Gasteiger partial charge in [0.15, 0.2) is 11.7 Å². The van der Waals surface area contributed by atoms with Crippen molar-refractivity contribution in [1.29, 1.82) is 0 Å². The molecule has 1 fully saturated rings. The van der Waals surface area contributed by atoms with Crippen LogP contribution in [-0.2, 0) is 19.6 Å². The summed E-state index contributed by atoms with van der Waals surface area (Å²) in [5.41, 5.74) is 1.74. The lowest BCUT2D eigenvalue weighted by Crippen LogP contribution is -2.32. The van der Waals surface area contributed by atoms with Gasteiger partial charge < -0.3 is 4.74 Å². The molecule has 2 aromatic carbocycles. The van der Waals surface area contributed by atoms with Gasteiger partial charge in [0.1, 0.15) is 0 Å². The maximum absolute atomic E-state index is 13.0. The number of nitrogens with zero attached hydrogens (tertiary/aromatic N) is 2. The van der Waals surface area contributed by atoms with Gasteiger partial charge in [-0.15, -0.1) is 11.3 Å². The minimum Gasteiger partial charge on any atom is -0.452 e. The van der Waals surface area contributed by atoms with Gasteiger partial charge in [0.2, 0.25) is 10.0 Å². The lowest BCUT2D eigenvalue weighted by molar-refractivity contribution is -0.119. The SMILES string of the molecule is O=C(COC(=O)c1cccc(S(=O)(=O)N2CCCCCC2)c1)Nc1nc(-c2ccccc2)cs1. The molecule has 0 radical (unpaired) electrons. The number of benzene rings is 2. The second-order valence-electron chi connectivity index (χ2n) is 7.87. The summed E-state index contributed by atoms with van der Waals surface area (Å²) < 4.78 is 32.6. The molecule has 0 spiro atoms. The third kappa shape index (κ3) is 5.88. The van der Waals surface area contributed by atoms with Gasteiger partial charge in [0, 0.05) is 24.0 Å². The van der Waals surface area contributed by atoms with Crippen LogP contribution in [0, 0.1) is 0 Å². The Labute approximate surface area is 202 Å². The highest BCUT2D eigenvalue weighted by Gasteiger charge is 2.26. The Kier molecular flexibility index (Phi) is 7.71. The van der Waals surface area contributed by atoms with E-state index in [1.54, 1.807) is 0 Å². The summed E-state index contributed by atoms with van der Waals surface area (Å²) in [5, 5.41) is 4.83. The Balaban J connectivity index is 1.35. The molecule has 178 valence electrons. The Bertz CT molecular complexity index is 1250. The van der Waals surface area contributed by atoms with Gasteiger partial charge in [-0.25, -0.2) is 18.2 Å². The minimum absolute atomic E-state index is 0.0459. The third-order valence-corrected chi connectivity index (χ3v) is 8.08. The van der Waals surface area contributed by atoms with E-state index in [-0.39, 0.29) is 10.5 Å². The fourth-order valence-electron chi connectivity index (χ4n) is 3.66. The van der Waals surface area contributed by atoms with Crippen molar-refractivity contribution in [2.75, 3.05) is 25.0 Å². The second-order valence-corrected chi connectivity index (χ2v) is 10.7. The number of amides is 1. The normalized spacial score (nSPS) is 14.8. The molecule has 0 aliphatic carbocycles. The van der Waals surface area contributed by atoms with Gasteiger partial charge in [-0.2, -0.15) is 4.31 Å². The number of thiazole rings is 1. The number of hydrogen-bond donors (Lipinski definition) is 1. The number of ether oxygens (including phenoxy) is 1. The smallest absolute Gasteiger partial charge is 0.338 e. The lowest BCUT2D eigenvalue weighted by Gasteiger charge is -2.20. The molecule has 0 saturated carbocycles. The van der Waals surface area contributed by atoms with Crippen molar-refractivity contribution < 1.29 is 22.7 Å². The van der Waals surface area contributed by atoms with Crippen LogP contribution in [0.5, 0.6) is 0 Å². The molecule has 0 unspecified atom stereocenters. The molecule has 0 atom stereocenters. The molecule has 1 N–H and O–H groups in total. The molecular weight excluding hydrogens is 474 g/mol. The van der Waals surface area contributed by atoms with Gasteiger partial charge in [-0.05, 0) is 31.0 Å². The Hall–Kier alpha value is -3.08. The predicted octanol–water partition coefficient (Wildman–Crippen LogP) is 4.17. The van der Waals surface area contributed by atoms with Crippen LogP contribution in [-0.4, -0.2) is 49.3 Å². The first-order valence-corrected chi connectivity index (χ1v) is 13.3. The number of carbonyl (C=O) groups excluding carboxylic acids is 2. The zero-order chi connectivity index (χ0) is 24.0. The maximum Gasteiger partial charge on any atom is 0.338 e. The molecule has 1 aliphatic rings. The molecule has 0 bridgehead atoms. The number of sulfonamides is 1. The summed E-state index contributed by atoms with van der Waals surface area (Å²) in [4.78, 5) is 29.1. The molecular formula is C24H25N3O5S2. The summed E-state index contributed by atoms with van der Waals surface area (Å²) in [5.74, 6) is -1.30. The first-order chi connectivity index (χ1) is 16.4. The molecule has 34 heavy (non-hydrogen) atoms. The van der Waals surface area contributed by atoms with Crippen LogP contribution in [0.1, 0.15) is 36.0 Å². The van der Waals surface area contributed by atoms with E-state index in [0.717, 1.165) is 36.9 Å². The van der Waals surface area contributed by atoms with Crippen LogP contribution < -0.4 is 5.32 Å². The molecule has 4 rings (SSSR count). The van der Waals surface area contributed by atoms with Crippen molar-refractivity contribution in [3.05, 3.63) is 65.5 Å². The highest BCUT2D eigenvalue weighted by atomic mass is 32.2. The summed E-state index contributed by atoms with van der Waals surface area (Å²) in [6, 6.07) is 15.3. The Morgan fingerprint density at radius 1 is 1.00 bits per heavy atom. The van der Waals surface area contributed by atoms with Crippen molar-refractivity contribution in [1.82, 2.24) is 9.29 Å². The summed E-state index contributed by atoms with van der Waals surface area (Å²) in [6.07, 6.45) is 3.66. The lowest BCUT2D eigenvalue weighted by atomic mass is 10.2. The van der Waals surface area contributed by atoms with E-state index in [0.29, 0.717) is 18.2 Å². The number of hydrogen-bond acceptors (Lipinski definition) is 7. The van der Waals surface area contributed by atoms with Crippen molar-refractivity contribution in [3.63, 3.8) is 0 Å². The maximum atomic E-state index is 13.0. The monoisotopic (exact) mass is 499 g/mol. The first-order valence-electron chi connectivity index (χ1n) is 11.0. The van der Waals surface area contributed by atoms with E-state index in [1.807, 2.05) is 35.7 Å². The molecule has 10 heteroatoms. The average molecular weight is 500 g/mol. The van der Waals surface area contributed by atoms with E-state index in [1.165, 1.54) is 39.9 Å². The summed E-state index contributed by atoms with van der Waals surface area (Å²) >= 11 is 1.27. The van der Waals surface area contributed by atoms with Gasteiger partial charge in [-0.3, -0.25) is 10.1 Å². The summed E-state index contributed by atoms with van der Waals surface area (Å²) in [7, 11) is -3.69. The van der Waals surface area contributed by atoms with Crippen molar-refractivity contribution in [2.45, 2.75) is 30.6 Å². The second kappa shape index (κ2) is 10.9. The highest BCUT2D eigenvalue weighted by molar-refractivity contribution is 7.89. The van der Waals surface area contributed by atoms with Crippen LogP contribution in [0.25, 0.3) is 11.3 Å². The quantitative estimate of drug-likeness (QED) is 0.489. The van der Waals surface area contributed by atoms with Crippen LogP contribution in [0.3, 0.4) is 0 Å². The first kappa shape index (κ1) is 24.1. The highest BCUT2D eigenvalue weighted by Crippen LogP contribution is 2.25. The Morgan fingerprint density at radius 3 is 2.47 bits per heavy atom. The molecule has 1 aliphatic heterocycles. The van der Waals surface area contributed by atoms with E-state index in [9.17, 15) is 18.0 Å². The predicted molar refractivity (Wildman–Crippen MR) is 130 cm³/mol. The van der Waals surface area contributed by atoms with Crippen molar-refractivity contribution in [2.24, 2.45) is 0 Å². The largest absolute Gasteiger partial charge is 0.452 e.